The molecule has 0 bridgehead atoms. The first-order valence-electron chi connectivity index (χ1n) is 5.63. The second-order valence-electron chi connectivity index (χ2n) is 3.99. The number of aromatic nitrogens is 2. The highest BCUT2D eigenvalue weighted by Crippen LogP contribution is 2.10. The van der Waals surface area contributed by atoms with E-state index in [1.165, 1.54) is 12.8 Å². The van der Waals surface area contributed by atoms with Crippen LogP contribution in [-0.4, -0.2) is 29.3 Å². The number of nitrogens with two attached hydrogens (primary N) is 1. The van der Waals surface area contributed by atoms with Gasteiger partial charge in [-0.3, -0.25) is 0 Å². The smallest absolute Gasteiger partial charge is 0.226 e. The van der Waals surface area contributed by atoms with Crippen molar-refractivity contribution in [3.05, 3.63) is 11.7 Å². The van der Waals surface area contributed by atoms with Gasteiger partial charge in [-0.25, -0.2) is 0 Å². The molecule has 2 heterocycles. The summed E-state index contributed by atoms with van der Waals surface area (Å²) in [7, 11) is 0. The lowest BCUT2D eigenvalue weighted by Gasteiger charge is -2.04. The summed E-state index contributed by atoms with van der Waals surface area (Å²) in [6.07, 6.45) is 5.05. The molecule has 1 saturated heterocycles. The van der Waals surface area contributed by atoms with Crippen molar-refractivity contribution < 1.29 is 4.52 Å². The fourth-order valence-corrected chi connectivity index (χ4v) is 1.88. The molecule has 0 aromatic carbocycles. The zero-order valence-electron chi connectivity index (χ0n) is 8.91. The van der Waals surface area contributed by atoms with Gasteiger partial charge in [-0.2, -0.15) is 4.98 Å². The van der Waals surface area contributed by atoms with Crippen LogP contribution in [0.5, 0.6) is 0 Å². The van der Waals surface area contributed by atoms with Crippen molar-refractivity contribution >= 4 is 0 Å². The number of hydrogen-bond donors (Lipinski definition) is 2. The maximum absolute atomic E-state index is 5.42. The van der Waals surface area contributed by atoms with Crippen molar-refractivity contribution in [2.24, 2.45) is 5.73 Å². The van der Waals surface area contributed by atoms with Gasteiger partial charge in [0.15, 0.2) is 5.82 Å². The van der Waals surface area contributed by atoms with Gasteiger partial charge in [-0.1, -0.05) is 5.16 Å². The molecular formula is C10H18N4O. The predicted octanol–water partition coefficient (Wildman–Crippen LogP) is 0.255. The van der Waals surface area contributed by atoms with Crippen LogP contribution in [0.2, 0.25) is 0 Å². The molecular weight excluding hydrogens is 192 g/mol. The first-order chi connectivity index (χ1) is 7.38. The van der Waals surface area contributed by atoms with E-state index >= 15 is 0 Å². The lowest BCUT2D eigenvalue weighted by molar-refractivity contribution is 0.369. The van der Waals surface area contributed by atoms with E-state index in [2.05, 4.69) is 15.5 Å². The number of nitrogens with one attached hydrogen (secondary N) is 1. The van der Waals surface area contributed by atoms with Crippen molar-refractivity contribution in [1.82, 2.24) is 15.5 Å². The maximum atomic E-state index is 5.42. The number of rotatable bonds is 5. The van der Waals surface area contributed by atoms with E-state index in [0.717, 1.165) is 31.6 Å². The number of hydrogen-bond acceptors (Lipinski definition) is 5. The molecule has 0 radical (unpaired) electrons. The van der Waals surface area contributed by atoms with Gasteiger partial charge in [0.25, 0.3) is 0 Å². The van der Waals surface area contributed by atoms with Gasteiger partial charge < -0.3 is 15.6 Å². The molecule has 1 aliphatic heterocycles. The van der Waals surface area contributed by atoms with Crippen molar-refractivity contribution in [3.63, 3.8) is 0 Å². The molecule has 1 aliphatic rings. The Labute approximate surface area is 89.4 Å². The van der Waals surface area contributed by atoms with Crippen LogP contribution >= 0.6 is 0 Å². The summed E-state index contributed by atoms with van der Waals surface area (Å²) in [5.74, 6) is 1.54. The summed E-state index contributed by atoms with van der Waals surface area (Å²) < 4.78 is 5.13. The Morgan fingerprint density at radius 2 is 2.47 bits per heavy atom. The third-order valence-electron chi connectivity index (χ3n) is 2.70. The zero-order valence-corrected chi connectivity index (χ0v) is 8.91. The predicted molar refractivity (Wildman–Crippen MR) is 56.4 cm³/mol. The second kappa shape index (κ2) is 5.23. The lowest BCUT2D eigenvalue weighted by atomic mass is 10.1. The average Bonchev–Trinajstić information content (AvgIpc) is 2.87. The molecule has 5 nitrogen and oxygen atoms in total. The molecule has 0 spiro atoms. The van der Waals surface area contributed by atoms with Crippen LogP contribution in [0.4, 0.5) is 0 Å². The largest absolute Gasteiger partial charge is 0.339 e. The highest BCUT2D eigenvalue weighted by atomic mass is 16.5. The Morgan fingerprint density at radius 1 is 1.53 bits per heavy atom. The highest BCUT2D eigenvalue weighted by molar-refractivity contribution is 4.92. The summed E-state index contributed by atoms with van der Waals surface area (Å²) in [6, 6.07) is 0.532. The highest BCUT2D eigenvalue weighted by Gasteiger charge is 2.17. The van der Waals surface area contributed by atoms with E-state index in [1.54, 1.807) is 0 Å². The maximum Gasteiger partial charge on any atom is 0.226 e. The molecule has 1 fully saturated rings. The first kappa shape index (κ1) is 10.6. The van der Waals surface area contributed by atoms with Crippen LogP contribution < -0.4 is 11.1 Å². The number of nitrogens with zero attached hydrogens (tertiary/aromatic N) is 2. The monoisotopic (exact) mass is 210 g/mol. The lowest BCUT2D eigenvalue weighted by Crippen LogP contribution is -2.24. The topological polar surface area (TPSA) is 77.0 Å². The summed E-state index contributed by atoms with van der Waals surface area (Å²) in [6.45, 7) is 1.78. The van der Waals surface area contributed by atoms with E-state index in [0.29, 0.717) is 18.5 Å². The Hall–Kier alpha value is -0.940. The Balaban J connectivity index is 1.83. The average molecular weight is 210 g/mol. The molecule has 0 saturated carbocycles. The molecule has 0 amide bonds. The van der Waals surface area contributed by atoms with Gasteiger partial charge in [-0.05, 0) is 32.4 Å². The first-order valence-corrected chi connectivity index (χ1v) is 5.63. The van der Waals surface area contributed by atoms with E-state index in [4.69, 9.17) is 10.3 Å². The van der Waals surface area contributed by atoms with Crippen LogP contribution in [0.3, 0.4) is 0 Å². The van der Waals surface area contributed by atoms with E-state index in [-0.39, 0.29) is 0 Å². The van der Waals surface area contributed by atoms with Gasteiger partial charge in [0.2, 0.25) is 5.89 Å². The molecule has 1 unspecified atom stereocenters. The normalized spacial score (nSPS) is 21.0. The van der Waals surface area contributed by atoms with Gasteiger partial charge >= 0.3 is 0 Å². The van der Waals surface area contributed by atoms with Crippen molar-refractivity contribution in [1.29, 1.82) is 0 Å². The third kappa shape index (κ3) is 3.00. The van der Waals surface area contributed by atoms with E-state index in [9.17, 15) is 0 Å². The van der Waals surface area contributed by atoms with E-state index in [1.807, 2.05) is 0 Å². The molecule has 1 aromatic rings. The molecule has 84 valence electrons. The van der Waals surface area contributed by atoms with Crippen LogP contribution in [-0.2, 0) is 12.8 Å². The molecule has 1 atom stereocenters. The van der Waals surface area contributed by atoms with Gasteiger partial charge in [0.05, 0.1) is 0 Å². The fourth-order valence-electron chi connectivity index (χ4n) is 1.88. The minimum atomic E-state index is 0.532. The van der Waals surface area contributed by atoms with Gasteiger partial charge in [0, 0.05) is 18.9 Å². The summed E-state index contributed by atoms with van der Waals surface area (Å²) in [4.78, 5) is 4.34. The van der Waals surface area contributed by atoms with Crippen molar-refractivity contribution in [2.75, 3.05) is 13.1 Å². The Kier molecular flexibility index (Phi) is 3.69. The number of aryl methyl sites for hydroxylation is 1. The van der Waals surface area contributed by atoms with Crippen LogP contribution in [0.25, 0.3) is 0 Å². The van der Waals surface area contributed by atoms with Crippen molar-refractivity contribution in [2.45, 2.75) is 38.1 Å². The summed E-state index contributed by atoms with van der Waals surface area (Å²) in [5, 5.41) is 7.38. The van der Waals surface area contributed by atoms with Crippen LogP contribution in [0.15, 0.2) is 4.52 Å². The second-order valence-corrected chi connectivity index (χ2v) is 3.99. The third-order valence-corrected chi connectivity index (χ3v) is 2.70. The minimum Gasteiger partial charge on any atom is -0.339 e. The molecule has 2 rings (SSSR count). The molecule has 1 aromatic heterocycles. The van der Waals surface area contributed by atoms with Crippen molar-refractivity contribution in [3.8, 4) is 0 Å². The summed E-state index contributed by atoms with van der Waals surface area (Å²) in [5.41, 5.74) is 5.42. The quantitative estimate of drug-likeness (QED) is 0.728. The Bertz CT molecular complexity index is 293. The van der Waals surface area contributed by atoms with E-state index < -0.39 is 0 Å². The molecule has 3 N–H and O–H groups in total. The molecule has 5 heteroatoms. The molecule has 0 aliphatic carbocycles. The standard InChI is InChI=1S/C10H18N4O/c11-5-1-4-10-13-9(14-15-10)7-8-3-2-6-12-8/h8,12H,1-7,11H2. The van der Waals surface area contributed by atoms with Gasteiger partial charge in [0.1, 0.15) is 0 Å². The van der Waals surface area contributed by atoms with Gasteiger partial charge in [-0.15, -0.1) is 0 Å². The SMILES string of the molecule is NCCCc1nc(CC2CCCN2)no1. The summed E-state index contributed by atoms with van der Waals surface area (Å²) >= 11 is 0. The van der Waals surface area contributed by atoms with Crippen LogP contribution in [0, 0.1) is 0 Å². The van der Waals surface area contributed by atoms with Crippen LogP contribution in [0.1, 0.15) is 31.0 Å². The minimum absolute atomic E-state index is 0.532. The molecule has 15 heavy (non-hydrogen) atoms. The zero-order chi connectivity index (χ0) is 10.5. The Morgan fingerprint density at radius 3 is 3.20 bits per heavy atom. The fraction of sp³-hybridized carbons (Fsp3) is 0.800.